The van der Waals surface area contributed by atoms with Crippen LogP contribution in [0.4, 0.5) is 5.82 Å². The molecule has 2 rings (SSSR count). The number of nitrogens with one attached hydrogen (secondary N) is 1. The predicted octanol–water partition coefficient (Wildman–Crippen LogP) is 3.99. The van der Waals surface area contributed by atoms with Crippen LogP contribution in [0.15, 0.2) is 12.3 Å². The normalized spacial score (nSPS) is 17.5. The highest BCUT2D eigenvalue weighted by Crippen LogP contribution is 2.34. The van der Waals surface area contributed by atoms with E-state index < -0.39 is 0 Å². The topological polar surface area (TPSA) is 24.9 Å². The van der Waals surface area contributed by atoms with Crippen molar-refractivity contribution in [1.82, 2.24) is 4.98 Å². The molecule has 1 fully saturated rings. The van der Waals surface area contributed by atoms with Crippen molar-refractivity contribution in [1.29, 1.82) is 0 Å². The summed E-state index contributed by atoms with van der Waals surface area (Å²) in [6, 6.07) is 2.13. The summed E-state index contributed by atoms with van der Waals surface area (Å²) < 4.78 is 0. The predicted molar refractivity (Wildman–Crippen MR) is 64.7 cm³/mol. The van der Waals surface area contributed by atoms with Gasteiger partial charge in [0.05, 0.1) is 10.0 Å². The van der Waals surface area contributed by atoms with Crippen molar-refractivity contribution in [3.63, 3.8) is 0 Å². The Balaban J connectivity index is 1.96. The van der Waals surface area contributed by atoms with Gasteiger partial charge < -0.3 is 5.32 Å². The number of halogens is 2. The minimum Gasteiger partial charge on any atom is -0.366 e. The molecule has 0 aromatic carbocycles. The van der Waals surface area contributed by atoms with E-state index in [1.54, 1.807) is 12.3 Å². The van der Waals surface area contributed by atoms with Gasteiger partial charge in [-0.05, 0) is 25.3 Å². The molecule has 1 aromatic heterocycles. The molecule has 1 N–H and O–H groups in total. The zero-order chi connectivity index (χ0) is 10.8. The molecule has 82 valence electrons. The molecule has 1 unspecified atom stereocenters. The quantitative estimate of drug-likeness (QED) is 0.867. The van der Waals surface area contributed by atoms with E-state index in [4.69, 9.17) is 23.2 Å². The summed E-state index contributed by atoms with van der Waals surface area (Å²) in [5.41, 5.74) is 0. The third-order valence-electron chi connectivity index (χ3n) is 2.57. The molecule has 0 radical (unpaired) electrons. The van der Waals surface area contributed by atoms with E-state index >= 15 is 0 Å². The molecule has 1 aliphatic rings. The molecule has 0 bridgehead atoms. The maximum absolute atomic E-state index is 6.02. The number of hydrogen-bond acceptors (Lipinski definition) is 2. The first-order valence-corrected chi connectivity index (χ1v) is 5.98. The number of anilines is 1. The monoisotopic (exact) mass is 244 g/mol. The molecule has 1 atom stereocenters. The highest BCUT2D eigenvalue weighted by atomic mass is 35.5. The molecule has 15 heavy (non-hydrogen) atoms. The van der Waals surface area contributed by atoms with Gasteiger partial charge in [-0.1, -0.05) is 36.0 Å². The Kier molecular flexibility index (Phi) is 3.37. The average molecular weight is 245 g/mol. The minimum atomic E-state index is 0.420. The van der Waals surface area contributed by atoms with E-state index in [0.717, 1.165) is 11.7 Å². The third-order valence-corrected chi connectivity index (χ3v) is 3.07. The number of aromatic nitrogens is 1. The molecular formula is C11H14Cl2N2. The van der Waals surface area contributed by atoms with E-state index in [1.807, 2.05) is 0 Å². The highest BCUT2D eigenvalue weighted by molar-refractivity contribution is 6.35. The van der Waals surface area contributed by atoms with Gasteiger partial charge in [-0.25, -0.2) is 4.98 Å². The van der Waals surface area contributed by atoms with Gasteiger partial charge in [0.25, 0.3) is 0 Å². The van der Waals surface area contributed by atoms with Crippen LogP contribution in [0.1, 0.15) is 26.2 Å². The summed E-state index contributed by atoms with van der Waals surface area (Å²) in [5.74, 6) is 1.63. The minimum absolute atomic E-state index is 0.420. The van der Waals surface area contributed by atoms with Crippen LogP contribution in [0.25, 0.3) is 0 Å². The Labute approximate surface area is 100.0 Å². The van der Waals surface area contributed by atoms with Crippen LogP contribution in [0.5, 0.6) is 0 Å². The summed E-state index contributed by atoms with van der Waals surface area (Å²) in [6.07, 6.45) is 5.54. The average Bonchev–Trinajstić information content (AvgIpc) is 2.94. The molecular weight excluding hydrogens is 231 g/mol. The molecule has 0 amide bonds. The Bertz CT molecular complexity index is 350. The van der Waals surface area contributed by atoms with Crippen molar-refractivity contribution in [2.45, 2.75) is 32.2 Å². The SMILES string of the molecule is CC(CC1CC1)Nc1ncc(Cl)cc1Cl. The third kappa shape index (κ3) is 3.25. The number of nitrogens with zero attached hydrogens (tertiary/aromatic N) is 1. The molecule has 1 saturated carbocycles. The fraction of sp³-hybridized carbons (Fsp3) is 0.545. The van der Waals surface area contributed by atoms with Gasteiger partial charge in [-0.3, -0.25) is 0 Å². The van der Waals surface area contributed by atoms with Crippen LogP contribution in [-0.4, -0.2) is 11.0 Å². The van der Waals surface area contributed by atoms with Crippen LogP contribution in [0, 0.1) is 5.92 Å². The summed E-state index contributed by atoms with van der Waals surface area (Å²) in [6.45, 7) is 2.16. The van der Waals surface area contributed by atoms with E-state index in [2.05, 4.69) is 17.2 Å². The van der Waals surface area contributed by atoms with Gasteiger partial charge in [-0.15, -0.1) is 0 Å². The first-order valence-electron chi connectivity index (χ1n) is 5.22. The summed E-state index contributed by atoms with van der Waals surface area (Å²) in [7, 11) is 0. The second-order valence-corrected chi connectivity index (χ2v) is 5.05. The number of hydrogen-bond donors (Lipinski definition) is 1. The molecule has 0 saturated heterocycles. The van der Waals surface area contributed by atoms with Crippen molar-refractivity contribution >= 4 is 29.0 Å². The van der Waals surface area contributed by atoms with Gasteiger partial charge in [0.2, 0.25) is 0 Å². The summed E-state index contributed by atoms with van der Waals surface area (Å²) >= 11 is 11.8. The molecule has 0 spiro atoms. The Morgan fingerprint density at radius 3 is 2.87 bits per heavy atom. The first-order chi connectivity index (χ1) is 7.15. The lowest BCUT2D eigenvalue weighted by atomic mass is 10.1. The first kappa shape index (κ1) is 11.0. The van der Waals surface area contributed by atoms with Crippen LogP contribution < -0.4 is 5.32 Å². The van der Waals surface area contributed by atoms with Crippen molar-refractivity contribution in [2.75, 3.05) is 5.32 Å². The summed E-state index contributed by atoms with van der Waals surface area (Å²) in [5, 5.41) is 4.46. The Morgan fingerprint density at radius 1 is 1.53 bits per heavy atom. The molecule has 0 aliphatic heterocycles. The lowest BCUT2D eigenvalue weighted by Gasteiger charge is -2.14. The standard InChI is InChI=1S/C11H14Cl2N2/c1-7(4-8-2-3-8)15-11-10(13)5-9(12)6-14-11/h5-8H,2-4H2,1H3,(H,14,15). The number of rotatable bonds is 4. The lowest BCUT2D eigenvalue weighted by Crippen LogP contribution is -2.16. The summed E-state index contributed by atoms with van der Waals surface area (Å²) in [4.78, 5) is 4.17. The lowest BCUT2D eigenvalue weighted by molar-refractivity contribution is 0.640. The van der Waals surface area contributed by atoms with E-state index in [9.17, 15) is 0 Å². The van der Waals surface area contributed by atoms with Gasteiger partial charge in [-0.2, -0.15) is 0 Å². The largest absolute Gasteiger partial charge is 0.366 e. The molecule has 1 aliphatic carbocycles. The second kappa shape index (κ2) is 4.58. The molecule has 4 heteroatoms. The highest BCUT2D eigenvalue weighted by Gasteiger charge is 2.23. The molecule has 2 nitrogen and oxygen atoms in total. The number of pyridine rings is 1. The van der Waals surface area contributed by atoms with Crippen LogP contribution in [0.3, 0.4) is 0 Å². The fourth-order valence-electron chi connectivity index (χ4n) is 1.67. The van der Waals surface area contributed by atoms with Crippen LogP contribution in [0.2, 0.25) is 10.0 Å². The van der Waals surface area contributed by atoms with Gasteiger partial charge in [0.1, 0.15) is 5.82 Å². The van der Waals surface area contributed by atoms with Gasteiger partial charge in [0.15, 0.2) is 0 Å². The van der Waals surface area contributed by atoms with Gasteiger partial charge >= 0.3 is 0 Å². The molecule has 1 aromatic rings. The van der Waals surface area contributed by atoms with Crippen LogP contribution >= 0.6 is 23.2 Å². The van der Waals surface area contributed by atoms with Crippen molar-refractivity contribution in [3.8, 4) is 0 Å². The smallest absolute Gasteiger partial charge is 0.145 e. The van der Waals surface area contributed by atoms with E-state index in [-0.39, 0.29) is 0 Å². The Morgan fingerprint density at radius 2 is 2.27 bits per heavy atom. The zero-order valence-corrected chi connectivity index (χ0v) is 10.1. The zero-order valence-electron chi connectivity index (χ0n) is 8.63. The van der Waals surface area contributed by atoms with Gasteiger partial charge in [0, 0.05) is 12.2 Å². The maximum Gasteiger partial charge on any atom is 0.145 e. The second-order valence-electron chi connectivity index (χ2n) is 4.21. The van der Waals surface area contributed by atoms with Crippen molar-refractivity contribution < 1.29 is 0 Å². The molecule has 1 heterocycles. The fourth-order valence-corrected chi connectivity index (χ4v) is 2.10. The Hall–Kier alpha value is -0.470. The maximum atomic E-state index is 6.02. The van der Waals surface area contributed by atoms with Crippen molar-refractivity contribution in [2.24, 2.45) is 5.92 Å². The van der Waals surface area contributed by atoms with E-state index in [1.165, 1.54) is 19.3 Å². The van der Waals surface area contributed by atoms with E-state index in [0.29, 0.717) is 16.1 Å². The van der Waals surface area contributed by atoms with Crippen LogP contribution in [-0.2, 0) is 0 Å². The van der Waals surface area contributed by atoms with Crippen molar-refractivity contribution in [3.05, 3.63) is 22.3 Å².